The fourth-order valence-corrected chi connectivity index (χ4v) is 7.06. The summed E-state index contributed by atoms with van der Waals surface area (Å²) in [6, 6.07) is 15.2. The van der Waals surface area contributed by atoms with E-state index in [0.717, 1.165) is 17.2 Å². The van der Waals surface area contributed by atoms with Crippen LogP contribution >= 0.6 is 11.8 Å². The standard InChI is InChI=1S/C29H34N4O2S/c1-16-9-12-22(13-17(16)2)33-29-24(27(34)32-21-7-5-4-6-8-21)25(30)26(36-29)28(35)31-18(3)23-15-19-10-11-20(23)14-19/h4-9,12-13,18-20,23,26H,10-11,14-15,30H2,1-3H3,(H,31,35)(H,32,34). The molecule has 0 aromatic heterocycles. The van der Waals surface area contributed by atoms with Crippen molar-refractivity contribution < 1.29 is 9.59 Å². The summed E-state index contributed by atoms with van der Waals surface area (Å²) in [6.07, 6.45) is 5.08. The molecule has 2 bridgehead atoms. The van der Waals surface area contributed by atoms with Gasteiger partial charge in [-0.1, -0.05) is 42.4 Å². The maximum Gasteiger partial charge on any atom is 0.260 e. The number of fused-ring (bicyclic) bond motifs is 2. The summed E-state index contributed by atoms with van der Waals surface area (Å²) in [7, 11) is 0. The molecule has 0 saturated heterocycles. The third-order valence-corrected chi connectivity index (χ3v) is 9.26. The molecule has 2 aromatic rings. The molecular formula is C29H34N4O2S. The average molecular weight is 503 g/mol. The van der Waals surface area contributed by atoms with Gasteiger partial charge >= 0.3 is 0 Å². The number of aryl methyl sites for hydroxylation is 2. The van der Waals surface area contributed by atoms with Gasteiger partial charge in [0.25, 0.3) is 5.91 Å². The Labute approximate surface area is 217 Å². The molecule has 36 heavy (non-hydrogen) atoms. The molecule has 5 rings (SSSR count). The van der Waals surface area contributed by atoms with Crippen LogP contribution in [0.3, 0.4) is 0 Å². The van der Waals surface area contributed by atoms with Gasteiger partial charge in [-0.05, 0) is 93.2 Å². The minimum Gasteiger partial charge on any atom is -0.400 e. The molecule has 3 aliphatic rings. The van der Waals surface area contributed by atoms with E-state index in [4.69, 9.17) is 10.7 Å². The minimum atomic E-state index is -0.687. The molecule has 2 aromatic carbocycles. The van der Waals surface area contributed by atoms with Crippen molar-refractivity contribution >= 4 is 40.0 Å². The van der Waals surface area contributed by atoms with Crippen LogP contribution < -0.4 is 16.4 Å². The van der Waals surface area contributed by atoms with Crippen molar-refractivity contribution in [3.63, 3.8) is 0 Å². The summed E-state index contributed by atoms with van der Waals surface area (Å²) in [5.41, 5.74) is 10.7. The number of nitrogens with zero attached hydrogens (tertiary/aromatic N) is 1. The molecule has 2 saturated carbocycles. The normalized spacial score (nSPS) is 26.9. The van der Waals surface area contributed by atoms with E-state index in [9.17, 15) is 9.59 Å². The number of amides is 2. The number of aliphatic imine (C=N–C) groups is 1. The van der Waals surface area contributed by atoms with Crippen LogP contribution in [0.4, 0.5) is 11.4 Å². The molecule has 2 aliphatic carbocycles. The van der Waals surface area contributed by atoms with Gasteiger partial charge in [0.15, 0.2) is 0 Å². The quantitative estimate of drug-likeness (QED) is 0.503. The lowest BCUT2D eigenvalue weighted by Crippen LogP contribution is -2.44. The maximum atomic E-state index is 13.4. The van der Waals surface area contributed by atoms with E-state index >= 15 is 0 Å². The highest BCUT2D eigenvalue weighted by molar-refractivity contribution is 8.16. The average Bonchev–Trinajstić information content (AvgIpc) is 3.57. The molecule has 188 valence electrons. The van der Waals surface area contributed by atoms with Crippen LogP contribution in [0.5, 0.6) is 0 Å². The van der Waals surface area contributed by atoms with Gasteiger partial charge in [0.2, 0.25) is 5.91 Å². The predicted octanol–water partition coefficient (Wildman–Crippen LogP) is 5.24. The molecule has 1 aliphatic heterocycles. The van der Waals surface area contributed by atoms with Crippen molar-refractivity contribution in [1.29, 1.82) is 0 Å². The molecule has 0 radical (unpaired) electrons. The van der Waals surface area contributed by atoms with E-state index in [1.165, 1.54) is 43.0 Å². The van der Waals surface area contributed by atoms with Gasteiger partial charge in [-0.2, -0.15) is 0 Å². The molecule has 4 N–H and O–H groups in total. The molecule has 2 amide bonds. The molecule has 1 heterocycles. The van der Waals surface area contributed by atoms with E-state index in [2.05, 4.69) is 17.6 Å². The van der Waals surface area contributed by atoms with Gasteiger partial charge in [-0.3, -0.25) is 9.59 Å². The topological polar surface area (TPSA) is 96.6 Å². The van der Waals surface area contributed by atoms with Crippen molar-refractivity contribution in [2.24, 2.45) is 28.5 Å². The Bertz CT molecular complexity index is 1240. The Hall–Kier alpha value is -3.06. The molecule has 7 heteroatoms. The number of carbonyl (C=O) groups excluding carboxylic acids is 2. The van der Waals surface area contributed by atoms with Gasteiger partial charge in [0, 0.05) is 17.4 Å². The van der Waals surface area contributed by atoms with Gasteiger partial charge in [-0.15, -0.1) is 0 Å². The number of hydrogen-bond acceptors (Lipinski definition) is 5. The second kappa shape index (κ2) is 10.1. The van der Waals surface area contributed by atoms with E-state index < -0.39 is 5.25 Å². The molecule has 2 fully saturated rings. The summed E-state index contributed by atoms with van der Waals surface area (Å²) >= 11 is 1.26. The van der Waals surface area contributed by atoms with E-state index in [0.29, 0.717) is 22.6 Å². The maximum absolute atomic E-state index is 13.4. The Morgan fingerprint density at radius 2 is 1.83 bits per heavy atom. The number of thioether (sulfide) groups is 1. The molecule has 5 atom stereocenters. The number of hydrogen-bond donors (Lipinski definition) is 3. The minimum absolute atomic E-state index is 0.0866. The third-order valence-electron chi connectivity index (χ3n) is 8.04. The van der Waals surface area contributed by atoms with Crippen molar-refractivity contribution in [2.45, 2.75) is 57.7 Å². The highest BCUT2D eigenvalue weighted by Crippen LogP contribution is 2.49. The van der Waals surface area contributed by atoms with Crippen LogP contribution in [0.25, 0.3) is 0 Å². The second-order valence-corrected chi connectivity index (χ2v) is 11.6. The monoisotopic (exact) mass is 502 g/mol. The van der Waals surface area contributed by atoms with E-state index in [1.54, 1.807) is 0 Å². The first-order valence-electron chi connectivity index (χ1n) is 12.8. The number of benzene rings is 2. The van der Waals surface area contributed by atoms with Crippen molar-refractivity contribution in [3.05, 3.63) is 70.9 Å². The number of rotatable bonds is 6. The van der Waals surface area contributed by atoms with Gasteiger partial charge in [0.05, 0.1) is 11.3 Å². The van der Waals surface area contributed by atoms with Gasteiger partial charge in [-0.25, -0.2) is 4.99 Å². The number of nitrogens with two attached hydrogens (primary N) is 1. The fourth-order valence-electron chi connectivity index (χ4n) is 5.93. The zero-order valence-electron chi connectivity index (χ0n) is 21.1. The number of nitrogens with one attached hydrogen (secondary N) is 2. The Morgan fingerprint density at radius 1 is 1.06 bits per heavy atom. The lowest BCUT2D eigenvalue weighted by Gasteiger charge is -2.29. The highest BCUT2D eigenvalue weighted by atomic mass is 32.2. The fraction of sp³-hybridized carbons (Fsp3) is 0.414. The van der Waals surface area contributed by atoms with Gasteiger partial charge in [0.1, 0.15) is 10.3 Å². The Morgan fingerprint density at radius 3 is 2.50 bits per heavy atom. The van der Waals surface area contributed by atoms with Crippen molar-refractivity contribution in [3.8, 4) is 0 Å². The zero-order chi connectivity index (χ0) is 25.4. The summed E-state index contributed by atoms with van der Waals surface area (Å²) in [5.74, 6) is 1.54. The number of anilines is 1. The first-order valence-corrected chi connectivity index (χ1v) is 13.7. The molecule has 5 unspecified atom stereocenters. The van der Waals surface area contributed by atoms with Crippen LogP contribution in [0.15, 0.2) is 64.8 Å². The predicted molar refractivity (Wildman–Crippen MR) is 147 cm³/mol. The first-order chi connectivity index (χ1) is 17.3. The molecular weight excluding hydrogens is 468 g/mol. The van der Waals surface area contributed by atoms with Crippen LogP contribution in [-0.4, -0.2) is 28.1 Å². The summed E-state index contributed by atoms with van der Waals surface area (Å²) in [5, 5.41) is 5.92. The molecule has 6 nitrogen and oxygen atoms in total. The highest BCUT2D eigenvalue weighted by Gasteiger charge is 2.44. The van der Waals surface area contributed by atoms with Crippen LogP contribution in [0, 0.1) is 31.6 Å². The first kappa shape index (κ1) is 24.6. The van der Waals surface area contributed by atoms with Crippen LogP contribution in [-0.2, 0) is 9.59 Å². The number of para-hydroxylation sites is 1. The lowest BCUT2D eigenvalue weighted by atomic mass is 9.84. The Balaban J connectivity index is 1.40. The smallest absolute Gasteiger partial charge is 0.260 e. The Kier molecular flexibility index (Phi) is 6.93. The summed E-state index contributed by atoms with van der Waals surface area (Å²) in [6.45, 7) is 6.18. The largest absolute Gasteiger partial charge is 0.400 e. The van der Waals surface area contributed by atoms with Gasteiger partial charge < -0.3 is 16.4 Å². The zero-order valence-corrected chi connectivity index (χ0v) is 21.9. The molecule has 0 spiro atoms. The number of carbonyl (C=O) groups is 2. The van der Waals surface area contributed by atoms with Crippen LogP contribution in [0.1, 0.15) is 43.7 Å². The SMILES string of the molecule is Cc1ccc(N=C2SC(C(=O)NC(C)C3CC4CCC3C4)C(N)=C2C(=O)Nc2ccccc2)cc1C. The van der Waals surface area contributed by atoms with E-state index in [1.807, 2.05) is 62.4 Å². The van der Waals surface area contributed by atoms with E-state index in [-0.39, 0.29) is 29.1 Å². The van der Waals surface area contributed by atoms with Crippen molar-refractivity contribution in [1.82, 2.24) is 5.32 Å². The van der Waals surface area contributed by atoms with Crippen molar-refractivity contribution in [2.75, 3.05) is 5.32 Å². The van der Waals surface area contributed by atoms with Crippen LogP contribution in [0.2, 0.25) is 0 Å². The lowest BCUT2D eigenvalue weighted by molar-refractivity contribution is -0.121. The summed E-state index contributed by atoms with van der Waals surface area (Å²) in [4.78, 5) is 31.6. The summed E-state index contributed by atoms with van der Waals surface area (Å²) < 4.78 is 0. The second-order valence-electron chi connectivity index (χ2n) is 10.5. The third kappa shape index (κ3) is 4.94.